The van der Waals surface area contributed by atoms with E-state index in [1.54, 1.807) is 24.3 Å². The van der Waals surface area contributed by atoms with Crippen LogP contribution in [0.4, 0.5) is 0 Å². The Morgan fingerprint density at radius 2 is 1.63 bits per heavy atom. The zero-order chi connectivity index (χ0) is 21.1. The summed E-state index contributed by atoms with van der Waals surface area (Å²) in [4.78, 5) is 0.234. The van der Waals surface area contributed by atoms with Crippen molar-refractivity contribution in [3.05, 3.63) is 107 Å². The maximum Gasteiger partial charge on any atom is 0.244 e. The van der Waals surface area contributed by atoms with E-state index in [1.165, 1.54) is 4.31 Å². The molecule has 2 atom stereocenters. The molecule has 0 heterocycles. The quantitative estimate of drug-likeness (QED) is 0.646. The minimum atomic E-state index is -3.81. The molecular weight excluding hydrogens is 394 g/mol. The summed E-state index contributed by atoms with van der Waals surface area (Å²) in [5.41, 5.74) is 3.85. The van der Waals surface area contributed by atoms with Crippen LogP contribution < -0.4 is 0 Å². The highest BCUT2D eigenvalue weighted by Gasteiger charge is 2.40. The molecular formula is C25H25NO3S. The molecule has 4 nitrogen and oxygen atoms in total. The van der Waals surface area contributed by atoms with Crippen molar-refractivity contribution in [2.75, 3.05) is 6.54 Å². The Morgan fingerprint density at radius 1 is 0.967 bits per heavy atom. The Bertz CT molecular complexity index is 1140. The summed E-state index contributed by atoms with van der Waals surface area (Å²) in [6.07, 6.45) is 3.41. The highest BCUT2D eigenvalue weighted by atomic mass is 32.2. The highest BCUT2D eigenvalue weighted by Crippen LogP contribution is 2.38. The summed E-state index contributed by atoms with van der Waals surface area (Å²) < 4.78 is 28.6. The first-order valence-electron chi connectivity index (χ1n) is 10.0. The number of sulfonamides is 1. The van der Waals surface area contributed by atoms with Crippen LogP contribution in [0, 0.1) is 6.92 Å². The number of hydrogen-bond acceptors (Lipinski definition) is 3. The Labute approximate surface area is 178 Å². The number of fused-ring (bicyclic) bond motifs is 1. The van der Waals surface area contributed by atoms with E-state index in [9.17, 15) is 13.5 Å². The van der Waals surface area contributed by atoms with E-state index in [1.807, 2.05) is 73.7 Å². The predicted molar refractivity (Wildman–Crippen MR) is 119 cm³/mol. The van der Waals surface area contributed by atoms with E-state index in [4.69, 9.17) is 0 Å². The Morgan fingerprint density at radius 3 is 2.37 bits per heavy atom. The molecule has 0 radical (unpaired) electrons. The van der Waals surface area contributed by atoms with Crippen molar-refractivity contribution in [3.63, 3.8) is 0 Å². The Kier molecular flexibility index (Phi) is 5.86. The lowest BCUT2D eigenvalue weighted by molar-refractivity contribution is 0.108. The maximum atomic E-state index is 13.6. The molecule has 0 aliphatic heterocycles. The van der Waals surface area contributed by atoms with Gasteiger partial charge in [-0.2, -0.15) is 4.31 Å². The van der Waals surface area contributed by atoms with Gasteiger partial charge in [0.15, 0.2) is 0 Å². The Balaban J connectivity index is 1.73. The zero-order valence-electron chi connectivity index (χ0n) is 16.8. The molecule has 0 fully saturated rings. The number of nitrogens with zero attached hydrogens (tertiary/aromatic N) is 1. The SMILES string of the molecule is Cc1ccc(S(=O)(=O)N(C/C=C/c2ccccc2)C2c3ccccc3CC2O)cc1. The van der Waals surface area contributed by atoms with Crippen LogP contribution in [-0.2, 0) is 16.4 Å². The van der Waals surface area contributed by atoms with Gasteiger partial charge in [-0.3, -0.25) is 0 Å². The first-order chi connectivity index (χ1) is 14.5. The molecule has 1 aliphatic rings. The smallest absolute Gasteiger partial charge is 0.244 e. The fourth-order valence-electron chi connectivity index (χ4n) is 3.96. The lowest BCUT2D eigenvalue weighted by Crippen LogP contribution is -2.39. The first kappa shape index (κ1) is 20.5. The summed E-state index contributed by atoms with van der Waals surface area (Å²) in [5, 5.41) is 10.8. The second-order valence-corrected chi connectivity index (χ2v) is 9.51. The lowest BCUT2D eigenvalue weighted by Gasteiger charge is -2.30. The third-order valence-electron chi connectivity index (χ3n) is 5.50. The fourth-order valence-corrected chi connectivity index (χ4v) is 5.55. The van der Waals surface area contributed by atoms with Gasteiger partial charge >= 0.3 is 0 Å². The van der Waals surface area contributed by atoms with E-state index in [-0.39, 0.29) is 11.4 Å². The molecule has 0 saturated carbocycles. The van der Waals surface area contributed by atoms with Gasteiger partial charge in [-0.15, -0.1) is 0 Å². The van der Waals surface area contributed by atoms with E-state index in [0.717, 1.165) is 22.3 Å². The second kappa shape index (κ2) is 8.56. The number of aliphatic hydroxyl groups excluding tert-OH is 1. The van der Waals surface area contributed by atoms with Crippen LogP contribution in [0.3, 0.4) is 0 Å². The number of aliphatic hydroxyl groups is 1. The molecule has 30 heavy (non-hydrogen) atoms. The van der Waals surface area contributed by atoms with Crippen molar-refractivity contribution in [2.24, 2.45) is 0 Å². The minimum Gasteiger partial charge on any atom is -0.391 e. The van der Waals surface area contributed by atoms with Crippen LogP contribution in [-0.4, -0.2) is 30.5 Å². The van der Waals surface area contributed by atoms with Gasteiger partial charge in [-0.05, 0) is 35.7 Å². The first-order valence-corrected chi connectivity index (χ1v) is 11.5. The van der Waals surface area contributed by atoms with Crippen LogP contribution in [0.5, 0.6) is 0 Å². The third kappa shape index (κ3) is 4.10. The second-order valence-electron chi connectivity index (χ2n) is 7.62. The molecule has 154 valence electrons. The standard InChI is InChI=1S/C25H25NO3S/c1-19-13-15-22(16-14-19)30(28,29)26(17-7-10-20-8-3-2-4-9-20)25-23-12-6-5-11-21(23)18-24(25)27/h2-16,24-25,27H,17-18H2,1H3/b10-7+. The lowest BCUT2D eigenvalue weighted by atomic mass is 10.1. The van der Waals surface area contributed by atoms with Crippen LogP contribution in [0.25, 0.3) is 6.08 Å². The van der Waals surface area contributed by atoms with E-state index >= 15 is 0 Å². The molecule has 0 aromatic heterocycles. The van der Waals surface area contributed by atoms with Crippen LogP contribution in [0.15, 0.2) is 89.8 Å². The highest BCUT2D eigenvalue weighted by molar-refractivity contribution is 7.89. The number of benzene rings is 3. The van der Waals surface area contributed by atoms with Gasteiger partial charge in [0.2, 0.25) is 10.0 Å². The summed E-state index contributed by atoms with van der Waals surface area (Å²) in [5.74, 6) is 0. The van der Waals surface area contributed by atoms with E-state index in [0.29, 0.717) is 6.42 Å². The predicted octanol–water partition coefficient (Wildman–Crippen LogP) is 4.36. The van der Waals surface area contributed by atoms with Gasteiger partial charge in [-0.1, -0.05) is 84.4 Å². The topological polar surface area (TPSA) is 57.6 Å². The fraction of sp³-hybridized carbons (Fsp3) is 0.200. The van der Waals surface area contributed by atoms with Crippen molar-refractivity contribution in [3.8, 4) is 0 Å². The molecule has 3 aromatic rings. The van der Waals surface area contributed by atoms with Gasteiger partial charge in [0.05, 0.1) is 17.0 Å². The van der Waals surface area contributed by atoms with Crippen LogP contribution >= 0.6 is 0 Å². The van der Waals surface area contributed by atoms with Crippen molar-refractivity contribution >= 4 is 16.1 Å². The van der Waals surface area contributed by atoms with Crippen molar-refractivity contribution in [2.45, 2.75) is 30.4 Å². The molecule has 5 heteroatoms. The average molecular weight is 420 g/mol. The Hall–Kier alpha value is -2.73. The minimum absolute atomic E-state index is 0.168. The monoisotopic (exact) mass is 419 g/mol. The molecule has 1 aliphatic carbocycles. The van der Waals surface area contributed by atoms with Crippen molar-refractivity contribution < 1.29 is 13.5 Å². The molecule has 1 N–H and O–H groups in total. The average Bonchev–Trinajstić information content (AvgIpc) is 3.07. The molecule has 0 bridgehead atoms. The van der Waals surface area contributed by atoms with E-state index < -0.39 is 22.2 Å². The number of aryl methyl sites for hydroxylation is 1. The summed E-state index contributed by atoms with van der Waals surface area (Å²) in [7, 11) is -3.81. The van der Waals surface area contributed by atoms with Gasteiger partial charge in [-0.25, -0.2) is 8.42 Å². The third-order valence-corrected chi connectivity index (χ3v) is 7.36. The molecule has 0 spiro atoms. The summed E-state index contributed by atoms with van der Waals surface area (Å²) in [6, 6.07) is 23.7. The summed E-state index contributed by atoms with van der Waals surface area (Å²) in [6.45, 7) is 2.09. The largest absolute Gasteiger partial charge is 0.391 e. The van der Waals surface area contributed by atoms with Gasteiger partial charge in [0.25, 0.3) is 0 Å². The molecule has 0 saturated heterocycles. The van der Waals surface area contributed by atoms with Crippen molar-refractivity contribution in [1.29, 1.82) is 0 Å². The number of rotatable bonds is 6. The normalized spacial score (nSPS) is 18.8. The zero-order valence-corrected chi connectivity index (χ0v) is 17.7. The molecule has 3 aromatic carbocycles. The van der Waals surface area contributed by atoms with Crippen molar-refractivity contribution in [1.82, 2.24) is 4.31 Å². The van der Waals surface area contributed by atoms with Crippen LogP contribution in [0.2, 0.25) is 0 Å². The maximum absolute atomic E-state index is 13.6. The number of hydrogen-bond donors (Lipinski definition) is 1. The molecule has 4 rings (SSSR count). The molecule has 2 unspecified atom stereocenters. The molecule has 0 amide bonds. The van der Waals surface area contributed by atoms with Gasteiger partial charge in [0, 0.05) is 13.0 Å². The van der Waals surface area contributed by atoms with Crippen LogP contribution in [0.1, 0.15) is 28.3 Å². The van der Waals surface area contributed by atoms with Gasteiger partial charge < -0.3 is 5.11 Å². The van der Waals surface area contributed by atoms with E-state index in [2.05, 4.69) is 0 Å². The summed E-state index contributed by atoms with van der Waals surface area (Å²) >= 11 is 0. The van der Waals surface area contributed by atoms with Gasteiger partial charge in [0.1, 0.15) is 0 Å².